The summed E-state index contributed by atoms with van der Waals surface area (Å²) in [5.41, 5.74) is 1.44. The lowest BCUT2D eigenvalue weighted by Gasteiger charge is -2.07. The maximum absolute atomic E-state index is 11.9. The first-order valence-corrected chi connectivity index (χ1v) is 7.95. The molecule has 0 radical (unpaired) electrons. The maximum Gasteiger partial charge on any atom is 0.220 e. The number of Topliss-reactive ketones (excluding diaryl/α,β-unsaturated/α-hetero) is 1. The van der Waals surface area contributed by atoms with Crippen molar-refractivity contribution in [3.8, 4) is 0 Å². The number of carbonyl (C=O) groups is 2. The normalized spacial score (nSPS) is 10.3. The van der Waals surface area contributed by atoms with Crippen molar-refractivity contribution in [3.05, 3.63) is 63.9 Å². The molecule has 2 rings (SSSR count). The zero-order valence-corrected chi connectivity index (χ0v) is 13.9. The molecule has 1 aromatic carbocycles. The first-order valence-electron chi connectivity index (χ1n) is 7.20. The van der Waals surface area contributed by atoms with Crippen molar-refractivity contribution >= 4 is 34.9 Å². The van der Waals surface area contributed by atoms with Crippen molar-refractivity contribution in [1.29, 1.82) is 0 Å². The molecule has 1 aromatic heterocycles. The van der Waals surface area contributed by atoms with E-state index in [0.717, 1.165) is 5.56 Å². The van der Waals surface area contributed by atoms with Crippen LogP contribution >= 0.6 is 23.2 Å². The van der Waals surface area contributed by atoms with Gasteiger partial charge < -0.3 is 5.32 Å². The zero-order chi connectivity index (χ0) is 16.7. The Labute approximate surface area is 144 Å². The number of hydrogen-bond donors (Lipinski definition) is 1. The van der Waals surface area contributed by atoms with Crippen molar-refractivity contribution in [2.45, 2.75) is 19.3 Å². The number of pyridine rings is 1. The van der Waals surface area contributed by atoms with Gasteiger partial charge in [-0.1, -0.05) is 29.3 Å². The summed E-state index contributed by atoms with van der Waals surface area (Å²) in [5.74, 6) is -0.249. The molecular weight excluding hydrogens is 335 g/mol. The monoisotopic (exact) mass is 350 g/mol. The van der Waals surface area contributed by atoms with Gasteiger partial charge in [0.1, 0.15) is 0 Å². The average Bonchev–Trinajstić information content (AvgIpc) is 2.55. The number of hydrogen-bond acceptors (Lipinski definition) is 3. The van der Waals surface area contributed by atoms with Crippen LogP contribution in [0.5, 0.6) is 0 Å². The third-order valence-electron chi connectivity index (χ3n) is 3.29. The lowest BCUT2D eigenvalue weighted by Crippen LogP contribution is -2.26. The SMILES string of the molecule is O=C(CCC(=O)c1cccnc1)NCCc1ccc(Cl)cc1Cl. The van der Waals surface area contributed by atoms with Crippen LogP contribution in [-0.2, 0) is 11.2 Å². The van der Waals surface area contributed by atoms with E-state index in [2.05, 4.69) is 10.3 Å². The van der Waals surface area contributed by atoms with Gasteiger partial charge in [-0.25, -0.2) is 0 Å². The second kappa shape index (κ2) is 8.65. The Morgan fingerprint density at radius 3 is 2.65 bits per heavy atom. The number of nitrogens with zero attached hydrogens (tertiary/aromatic N) is 1. The average molecular weight is 351 g/mol. The van der Waals surface area contributed by atoms with E-state index >= 15 is 0 Å². The molecule has 6 heteroatoms. The van der Waals surface area contributed by atoms with Gasteiger partial charge in [0.15, 0.2) is 5.78 Å². The van der Waals surface area contributed by atoms with Gasteiger partial charge in [-0.05, 0) is 36.2 Å². The Morgan fingerprint density at radius 1 is 1.13 bits per heavy atom. The molecule has 0 aliphatic carbocycles. The number of rotatable bonds is 7. The standard InChI is InChI=1S/C17H16Cl2N2O2/c18-14-4-3-12(15(19)10-14)7-9-21-17(23)6-5-16(22)13-2-1-8-20-11-13/h1-4,8,10-11H,5-7,9H2,(H,21,23). The fourth-order valence-electron chi connectivity index (χ4n) is 2.05. The molecule has 4 nitrogen and oxygen atoms in total. The van der Waals surface area contributed by atoms with Crippen molar-refractivity contribution in [1.82, 2.24) is 10.3 Å². The van der Waals surface area contributed by atoms with Crippen LogP contribution < -0.4 is 5.32 Å². The summed E-state index contributed by atoms with van der Waals surface area (Å²) in [4.78, 5) is 27.5. The number of aromatic nitrogens is 1. The van der Waals surface area contributed by atoms with Crippen LogP contribution in [0.1, 0.15) is 28.8 Å². The molecule has 23 heavy (non-hydrogen) atoms. The minimum atomic E-state index is -0.160. The van der Waals surface area contributed by atoms with Gasteiger partial charge in [0.25, 0.3) is 0 Å². The molecule has 0 bridgehead atoms. The molecule has 0 fully saturated rings. The Morgan fingerprint density at radius 2 is 1.96 bits per heavy atom. The van der Waals surface area contributed by atoms with Gasteiger partial charge >= 0.3 is 0 Å². The van der Waals surface area contributed by atoms with E-state index in [1.807, 2.05) is 6.07 Å². The summed E-state index contributed by atoms with van der Waals surface area (Å²) in [5, 5.41) is 3.94. The lowest BCUT2D eigenvalue weighted by atomic mass is 10.1. The predicted molar refractivity (Wildman–Crippen MR) is 91.0 cm³/mol. The third-order valence-corrected chi connectivity index (χ3v) is 3.88. The molecule has 0 saturated heterocycles. The van der Waals surface area contributed by atoms with Gasteiger partial charge in [0.2, 0.25) is 5.91 Å². The molecule has 0 spiro atoms. The van der Waals surface area contributed by atoms with Gasteiger partial charge in [0.05, 0.1) is 0 Å². The second-order valence-electron chi connectivity index (χ2n) is 5.00. The van der Waals surface area contributed by atoms with Crippen molar-refractivity contribution in [2.24, 2.45) is 0 Å². The number of amides is 1. The predicted octanol–water partition coefficient (Wildman–Crippen LogP) is 3.71. The summed E-state index contributed by atoms with van der Waals surface area (Å²) >= 11 is 11.9. The number of benzene rings is 1. The number of ketones is 1. The molecule has 1 heterocycles. The molecule has 0 unspecified atom stereocenters. The summed E-state index contributed by atoms with van der Waals surface area (Å²) in [6.07, 6.45) is 4.04. The second-order valence-corrected chi connectivity index (χ2v) is 5.84. The van der Waals surface area contributed by atoms with E-state index in [9.17, 15) is 9.59 Å². The van der Waals surface area contributed by atoms with Gasteiger partial charge in [-0.3, -0.25) is 14.6 Å². The van der Waals surface area contributed by atoms with E-state index in [1.165, 1.54) is 6.20 Å². The highest BCUT2D eigenvalue weighted by atomic mass is 35.5. The van der Waals surface area contributed by atoms with Gasteiger partial charge in [-0.15, -0.1) is 0 Å². The maximum atomic E-state index is 11.9. The molecule has 0 aliphatic rings. The first kappa shape index (κ1) is 17.4. The van der Waals surface area contributed by atoms with Crippen LogP contribution in [0.4, 0.5) is 0 Å². The van der Waals surface area contributed by atoms with E-state index in [-0.39, 0.29) is 24.5 Å². The van der Waals surface area contributed by atoms with Crippen LogP contribution in [0.2, 0.25) is 10.0 Å². The molecule has 1 N–H and O–H groups in total. The Balaban J connectivity index is 1.72. The van der Waals surface area contributed by atoms with Crippen LogP contribution in [-0.4, -0.2) is 23.2 Å². The lowest BCUT2D eigenvalue weighted by molar-refractivity contribution is -0.121. The van der Waals surface area contributed by atoms with E-state index in [1.54, 1.807) is 30.5 Å². The molecule has 0 aliphatic heterocycles. The van der Waals surface area contributed by atoms with Crippen molar-refractivity contribution in [2.75, 3.05) is 6.54 Å². The number of carbonyl (C=O) groups excluding carboxylic acids is 2. The smallest absolute Gasteiger partial charge is 0.220 e. The van der Waals surface area contributed by atoms with E-state index in [0.29, 0.717) is 28.6 Å². The summed E-state index contributed by atoms with van der Waals surface area (Å²) in [6, 6.07) is 8.66. The number of nitrogens with one attached hydrogen (secondary N) is 1. The highest BCUT2D eigenvalue weighted by molar-refractivity contribution is 6.35. The fraction of sp³-hybridized carbons (Fsp3) is 0.235. The van der Waals surface area contributed by atoms with Gasteiger partial charge in [-0.2, -0.15) is 0 Å². The van der Waals surface area contributed by atoms with Crippen LogP contribution in [0.25, 0.3) is 0 Å². The van der Waals surface area contributed by atoms with Gasteiger partial charge in [0, 0.05) is 47.4 Å². The topological polar surface area (TPSA) is 59.1 Å². The van der Waals surface area contributed by atoms with Crippen molar-refractivity contribution in [3.63, 3.8) is 0 Å². The minimum absolute atomic E-state index is 0.0889. The van der Waals surface area contributed by atoms with E-state index < -0.39 is 0 Å². The van der Waals surface area contributed by atoms with E-state index in [4.69, 9.17) is 23.2 Å². The molecule has 0 atom stereocenters. The largest absolute Gasteiger partial charge is 0.356 e. The highest BCUT2D eigenvalue weighted by Crippen LogP contribution is 2.21. The Bertz CT molecular complexity index is 690. The van der Waals surface area contributed by atoms with Crippen LogP contribution in [0.15, 0.2) is 42.7 Å². The third kappa shape index (κ3) is 5.66. The van der Waals surface area contributed by atoms with Crippen LogP contribution in [0, 0.1) is 0 Å². The zero-order valence-electron chi connectivity index (χ0n) is 12.4. The molecule has 120 valence electrons. The minimum Gasteiger partial charge on any atom is -0.356 e. The summed E-state index contributed by atoms with van der Waals surface area (Å²) in [7, 11) is 0. The van der Waals surface area contributed by atoms with Crippen LogP contribution in [0.3, 0.4) is 0 Å². The quantitative estimate of drug-likeness (QED) is 0.774. The Kier molecular flexibility index (Phi) is 6.56. The molecular formula is C17H16Cl2N2O2. The van der Waals surface area contributed by atoms with Crippen molar-refractivity contribution < 1.29 is 9.59 Å². The first-order chi connectivity index (χ1) is 11.1. The summed E-state index contributed by atoms with van der Waals surface area (Å²) < 4.78 is 0. The molecule has 1 amide bonds. The number of halogens is 2. The molecule has 0 saturated carbocycles. The Hall–Kier alpha value is -1.91. The highest BCUT2D eigenvalue weighted by Gasteiger charge is 2.09. The summed E-state index contributed by atoms with van der Waals surface area (Å²) in [6.45, 7) is 0.460. The fourth-order valence-corrected chi connectivity index (χ4v) is 2.55. The molecule has 2 aromatic rings.